The highest BCUT2D eigenvalue weighted by molar-refractivity contribution is 5.15. The van der Waals surface area contributed by atoms with Crippen molar-refractivity contribution in [2.75, 3.05) is 6.61 Å². The first-order chi connectivity index (χ1) is 7.91. The molecule has 5 nitrogen and oxygen atoms in total. The molecule has 9 heteroatoms. The van der Waals surface area contributed by atoms with Crippen LogP contribution >= 0.6 is 0 Å². The first kappa shape index (κ1) is 13.4. The molecular formula is C8H8F4N4O. The van der Waals surface area contributed by atoms with Gasteiger partial charge in [0, 0.05) is 0 Å². The summed E-state index contributed by atoms with van der Waals surface area (Å²) in [4.78, 5) is 0. The molecule has 1 N–H and O–H groups in total. The molecule has 1 aromatic rings. The number of rotatable bonds is 5. The van der Waals surface area contributed by atoms with Crippen LogP contribution in [-0.4, -0.2) is 32.6 Å². The Morgan fingerprint density at radius 3 is 2.59 bits per heavy atom. The van der Waals surface area contributed by atoms with Gasteiger partial charge in [-0.25, -0.2) is 22.2 Å². The van der Waals surface area contributed by atoms with Crippen molar-refractivity contribution in [1.29, 1.82) is 5.26 Å². The predicted octanol–water partition coefficient (Wildman–Crippen LogP) is 0.909. The Kier molecular flexibility index (Phi) is 4.01. The summed E-state index contributed by atoms with van der Waals surface area (Å²) in [5.74, 6) is -3.57. The molecule has 0 aliphatic carbocycles. The normalized spacial score (nSPS) is 11.8. The van der Waals surface area contributed by atoms with Crippen molar-refractivity contribution in [3.8, 4) is 6.07 Å². The number of aliphatic hydroxyl groups is 1. The maximum atomic E-state index is 12.8. The van der Waals surface area contributed by atoms with Crippen LogP contribution < -0.4 is 0 Å². The second-order valence-electron chi connectivity index (χ2n) is 3.23. The van der Waals surface area contributed by atoms with Crippen LogP contribution in [0.15, 0.2) is 0 Å². The molecule has 0 aliphatic rings. The Balaban J connectivity index is 3.05. The molecule has 0 radical (unpaired) electrons. The number of aliphatic hydroxyl groups excluding tert-OH is 1. The number of nitrogens with zero attached hydrogens (tertiary/aromatic N) is 4. The number of hydrogen-bond donors (Lipinski definition) is 1. The van der Waals surface area contributed by atoms with Crippen LogP contribution in [0, 0.1) is 11.3 Å². The zero-order valence-electron chi connectivity index (χ0n) is 8.45. The standard InChI is InChI=1S/C8H8F4N4O/c9-7(10)6-5(1-2-13)14-15-16(6)3-8(11,12)4-17/h7,17H,1,3-4H2. The molecule has 0 saturated heterocycles. The van der Waals surface area contributed by atoms with Gasteiger partial charge in [0.05, 0.1) is 12.5 Å². The molecule has 1 heterocycles. The molecule has 94 valence electrons. The highest BCUT2D eigenvalue weighted by Gasteiger charge is 2.32. The third-order valence-corrected chi connectivity index (χ3v) is 1.91. The van der Waals surface area contributed by atoms with Crippen LogP contribution in [0.2, 0.25) is 0 Å². The van der Waals surface area contributed by atoms with Gasteiger partial charge in [-0.1, -0.05) is 5.21 Å². The summed E-state index contributed by atoms with van der Waals surface area (Å²) in [5.41, 5.74) is -1.16. The third-order valence-electron chi connectivity index (χ3n) is 1.91. The fourth-order valence-corrected chi connectivity index (χ4v) is 1.18. The van der Waals surface area contributed by atoms with E-state index in [4.69, 9.17) is 10.4 Å². The van der Waals surface area contributed by atoms with E-state index in [1.54, 1.807) is 6.07 Å². The maximum Gasteiger partial charge on any atom is 0.289 e. The van der Waals surface area contributed by atoms with Crippen molar-refractivity contribution in [1.82, 2.24) is 15.0 Å². The Hall–Kier alpha value is -1.69. The van der Waals surface area contributed by atoms with E-state index in [0.29, 0.717) is 4.68 Å². The summed E-state index contributed by atoms with van der Waals surface area (Å²) in [6.45, 7) is -2.69. The van der Waals surface area contributed by atoms with Gasteiger partial charge in [0.15, 0.2) is 0 Å². The van der Waals surface area contributed by atoms with Crippen molar-refractivity contribution in [2.45, 2.75) is 25.3 Å². The van der Waals surface area contributed by atoms with Crippen molar-refractivity contribution in [3.63, 3.8) is 0 Å². The summed E-state index contributed by atoms with van der Waals surface area (Å²) in [6.07, 6.45) is -3.51. The lowest BCUT2D eigenvalue weighted by Gasteiger charge is -2.14. The van der Waals surface area contributed by atoms with Crippen LogP contribution in [0.4, 0.5) is 17.6 Å². The number of aromatic nitrogens is 3. The molecule has 0 saturated carbocycles. The highest BCUT2D eigenvalue weighted by atomic mass is 19.3. The summed E-state index contributed by atoms with van der Waals surface area (Å²) in [5, 5.41) is 23.1. The van der Waals surface area contributed by atoms with E-state index in [9.17, 15) is 17.6 Å². The van der Waals surface area contributed by atoms with Gasteiger partial charge in [0.25, 0.3) is 12.3 Å². The fraction of sp³-hybridized carbons (Fsp3) is 0.625. The topological polar surface area (TPSA) is 74.7 Å². The van der Waals surface area contributed by atoms with E-state index in [1.165, 1.54) is 0 Å². The predicted molar refractivity (Wildman–Crippen MR) is 46.3 cm³/mol. The number of halogens is 4. The average Bonchev–Trinajstić information content (AvgIpc) is 2.61. The van der Waals surface area contributed by atoms with Gasteiger partial charge < -0.3 is 5.11 Å². The minimum atomic E-state index is -3.57. The molecule has 0 spiro atoms. The first-order valence-corrected chi connectivity index (χ1v) is 4.47. The Bertz CT molecular complexity index is 426. The summed E-state index contributed by atoms with van der Waals surface area (Å²) >= 11 is 0. The van der Waals surface area contributed by atoms with Crippen molar-refractivity contribution in [2.24, 2.45) is 0 Å². The van der Waals surface area contributed by atoms with Crippen LogP contribution in [0.1, 0.15) is 17.8 Å². The minimum absolute atomic E-state index is 0.313. The smallest absolute Gasteiger partial charge is 0.289 e. The lowest BCUT2D eigenvalue weighted by atomic mass is 10.2. The second-order valence-corrected chi connectivity index (χ2v) is 3.23. The molecule has 1 rings (SSSR count). The third kappa shape index (κ3) is 3.13. The van der Waals surface area contributed by atoms with Gasteiger partial charge in [-0.3, -0.25) is 0 Å². The van der Waals surface area contributed by atoms with E-state index in [2.05, 4.69) is 10.3 Å². The lowest BCUT2D eigenvalue weighted by molar-refractivity contribution is -0.0673. The lowest BCUT2D eigenvalue weighted by Crippen LogP contribution is -2.29. The molecule has 17 heavy (non-hydrogen) atoms. The largest absolute Gasteiger partial charge is 0.390 e. The van der Waals surface area contributed by atoms with Gasteiger partial charge in [-0.15, -0.1) is 5.10 Å². The molecule has 1 aromatic heterocycles. The van der Waals surface area contributed by atoms with Crippen molar-refractivity contribution in [3.05, 3.63) is 11.4 Å². The fourth-order valence-electron chi connectivity index (χ4n) is 1.18. The molecule has 0 fully saturated rings. The van der Waals surface area contributed by atoms with Crippen LogP contribution in [0.25, 0.3) is 0 Å². The molecule has 0 aliphatic heterocycles. The van der Waals surface area contributed by atoms with Gasteiger partial charge >= 0.3 is 0 Å². The van der Waals surface area contributed by atoms with E-state index in [1.807, 2.05) is 0 Å². The quantitative estimate of drug-likeness (QED) is 0.790. The monoisotopic (exact) mass is 252 g/mol. The van der Waals surface area contributed by atoms with Crippen LogP contribution in [0.3, 0.4) is 0 Å². The maximum absolute atomic E-state index is 12.8. The summed E-state index contributed by atoms with van der Waals surface area (Å²) in [7, 11) is 0. The van der Waals surface area contributed by atoms with Crippen LogP contribution in [-0.2, 0) is 13.0 Å². The van der Waals surface area contributed by atoms with E-state index < -0.39 is 37.6 Å². The Morgan fingerprint density at radius 1 is 1.47 bits per heavy atom. The zero-order valence-corrected chi connectivity index (χ0v) is 8.45. The van der Waals surface area contributed by atoms with Crippen LogP contribution in [0.5, 0.6) is 0 Å². The van der Waals surface area contributed by atoms with Crippen molar-refractivity contribution < 1.29 is 22.7 Å². The molecule has 0 bridgehead atoms. The molecule has 0 aromatic carbocycles. The summed E-state index contributed by atoms with van der Waals surface area (Å²) in [6, 6.07) is 1.58. The molecule has 0 unspecified atom stereocenters. The first-order valence-electron chi connectivity index (χ1n) is 4.47. The Labute approximate surface area is 93.3 Å². The zero-order chi connectivity index (χ0) is 13.1. The molecular weight excluding hydrogens is 244 g/mol. The SMILES string of the molecule is N#CCc1nnn(CC(F)(F)CO)c1C(F)F. The van der Waals surface area contributed by atoms with Gasteiger partial charge in [-0.2, -0.15) is 5.26 Å². The van der Waals surface area contributed by atoms with Gasteiger partial charge in [-0.05, 0) is 0 Å². The highest BCUT2D eigenvalue weighted by Crippen LogP contribution is 2.24. The van der Waals surface area contributed by atoms with Gasteiger partial charge in [0.1, 0.15) is 24.5 Å². The van der Waals surface area contributed by atoms with Gasteiger partial charge in [0.2, 0.25) is 0 Å². The minimum Gasteiger partial charge on any atom is -0.390 e. The van der Waals surface area contributed by atoms with Crippen molar-refractivity contribution >= 4 is 0 Å². The Morgan fingerprint density at radius 2 is 2.12 bits per heavy atom. The average molecular weight is 252 g/mol. The number of alkyl halides is 4. The van der Waals surface area contributed by atoms with E-state index in [-0.39, 0.29) is 5.69 Å². The molecule has 0 atom stereocenters. The second kappa shape index (κ2) is 5.09. The number of nitriles is 1. The van der Waals surface area contributed by atoms with E-state index in [0.717, 1.165) is 0 Å². The number of hydrogen-bond acceptors (Lipinski definition) is 4. The molecule has 0 amide bonds. The summed E-state index contributed by atoms with van der Waals surface area (Å²) < 4.78 is 51.2. The van der Waals surface area contributed by atoms with E-state index >= 15 is 0 Å².